The Labute approximate surface area is 193 Å². The Balaban J connectivity index is 1.36. The number of piperidine rings is 1. The number of carbonyl (C=O) groups is 3. The number of amides is 1. The number of nitrogens with zero attached hydrogens (tertiary/aromatic N) is 1. The summed E-state index contributed by atoms with van der Waals surface area (Å²) in [5, 5.41) is 0.609. The maximum absolute atomic E-state index is 12.9. The van der Waals surface area contributed by atoms with Crippen LogP contribution in [0.4, 0.5) is 0 Å². The molecule has 6 heteroatoms. The van der Waals surface area contributed by atoms with Gasteiger partial charge in [-0.05, 0) is 38.0 Å². The Kier molecular flexibility index (Phi) is 6.13. The molecule has 0 radical (unpaired) electrons. The average molecular weight is 454 g/mol. The molecule has 1 fully saturated rings. The van der Waals surface area contributed by atoms with Gasteiger partial charge in [-0.3, -0.25) is 14.4 Å². The second kappa shape index (κ2) is 8.70. The van der Waals surface area contributed by atoms with Crippen LogP contribution in [0, 0.1) is 20.8 Å². The highest BCUT2D eigenvalue weighted by atomic mass is 35.5. The van der Waals surface area contributed by atoms with Crippen molar-refractivity contribution in [3.8, 4) is 5.75 Å². The Morgan fingerprint density at radius 1 is 1.06 bits per heavy atom. The molecule has 0 unspecified atom stereocenters. The summed E-state index contributed by atoms with van der Waals surface area (Å²) >= 11 is 6.33. The highest BCUT2D eigenvalue weighted by Gasteiger charge is 2.44. The quantitative estimate of drug-likeness (QED) is 0.593. The van der Waals surface area contributed by atoms with Crippen LogP contribution in [0.2, 0.25) is 5.02 Å². The molecule has 2 heterocycles. The van der Waals surface area contributed by atoms with Gasteiger partial charge in [-0.1, -0.05) is 41.4 Å². The van der Waals surface area contributed by atoms with E-state index in [0.717, 1.165) is 16.7 Å². The fourth-order valence-corrected chi connectivity index (χ4v) is 4.85. The maximum Gasteiger partial charge on any atom is 0.223 e. The molecule has 1 amide bonds. The number of hydrogen-bond acceptors (Lipinski definition) is 4. The van der Waals surface area contributed by atoms with Crippen LogP contribution in [0.15, 0.2) is 30.3 Å². The van der Waals surface area contributed by atoms with E-state index < -0.39 is 5.60 Å². The zero-order chi connectivity index (χ0) is 23.0. The lowest BCUT2D eigenvalue weighted by molar-refractivity contribution is -0.134. The number of aryl methyl sites for hydroxylation is 2. The molecule has 0 atom stereocenters. The third-order valence-electron chi connectivity index (χ3n) is 6.70. The van der Waals surface area contributed by atoms with Crippen molar-refractivity contribution in [1.82, 2.24) is 4.90 Å². The van der Waals surface area contributed by atoms with Crippen LogP contribution >= 0.6 is 11.6 Å². The SMILES string of the molecule is Cc1ccc(C(=O)CCC(=O)N2CCC3(CC2)CC(=O)c2c(cc(C)c(Cl)c2C)O3)cc1. The summed E-state index contributed by atoms with van der Waals surface area (Å²) in [7, 11) is 0. The highest BCUT2D eigenvalue weighted by molar-refractivity contribution is 6.32. The molecule has 4 rings (SSSR count). The summed E-state index contributed by atoms with van der Waals surface area (Å²) in [6.07, 6.45) is 1.88. The van der Waals surface area contributed by atoms with Gasteiger partial charge in [0.15, 0.2) is 11.6 Å². The zero-order valence-electron chi connectivity index (χ0n) is 18.8. The van der Waals surface area contributed by atoms with Gasteiger partial charge in [0.05, 0.1) is 12.0 Å². The topological polar surface area (TPSA) is 63.7 Å². The van der Waals surface area contributed by atoms with Crippen LogP contribution in [0.5, 0.6) is 5.75 Å². The molecule has 2 aromatic carbocycles. The van der Waals surface area contributed by atoms with Crippen LogP contribution < -0.4 is 4.74 Å². The van der Waals surface area contributed by atoms with Gasteiger partial charge in [-0.2, -0.15) is 0 Å². The number of halogens is 1. The lowest BCUT2D eigenvalue weighted by atomic mass is 9.81. The van der Waals surface area contributed by atoms with E-state index in [1.807, 2.05) is 39.0 Å². The van der Waals surface area contributed by atoms with Crippen molar-refractivity contribution in [2.75, 3.05) is 13.1 Å². The number of ether oxygens (including phenoxy) is 1. The molecule has 1 spiro atoms. The normalized spacial score (nSPS) is 17.1. The van der Waals surface area contributed by atoms with Gasteiger partial charge < -0.3 is 9.64 Å². The fraction of sp³-hybridized carbons (Fsp3) is 0.423. The molecule has 1 saturated heterocycles. The van der Waals surface area contributed by atoms with Crippen molar-refractivity contribution in [2.24, 2.45) is 0 Å². The second-order valence-corrected chi connectivity index (χ2v) is 9.44. The Bertz CT molecular complexity index is 1080. The summed E-state index contributed by atoms with van der Waals surface area (Å²) in [4.78, 5) is 39.8. The largest absolute Gasteiger partial charge is 0.486 e. The van der Waals surface area contributed by atoms with Crippen LogP contribution in [-0.2, 0) is 4.79 Å². The van der Waals surface area contributed by atoms with E-state index in [-0.39, 0.29) is 30.3 Å². The van der Waals surface area contributed by atoms with Crippen LogP contribution in [0.1, 0.15) is 69.5 Å². The van der Waals surface area contributed by atoms with E-state index in [2.05, 4.69) is 0 Å². The molecular weight excluding hydrogens is 426 g/mol. The number of ketones is 2. The van der Waals surface area contributed by atoms with Gasteiger partial charge in [0.25, 0.3) is 0 Å². The Hall–Kier alpha value is -2.66. The van der Waals surface area contributed by atoms with Crippen molar-refractivity contribution in [1.29, 1.82) is 0 Å². The molecular formula is C26H28ClNO4. The maximum atomic E-state index is 12.9. The first-order valence-corrected chi connectivity index (χ1v) is 11.5. The highest BCUT2D eigenvalue weighted by Crippen LogP contribution is 2.43. The Morgan fingerprint density at radius 2 is 1.72 bits per heavy atom. The first-order valence-electron chi connectivity index (χ1n) is 11.1. The lowest BCUT2D eigenvalue weighted by Gasteiger charge is -2.44. The number of hydrogen-bond donors (Lipinski definition) is 0. The van der Waals surface area contributed by atoms with Crippen molar-refractivity contribution in [3.05, 3.63) is 63.2 Å². The van der Waals surface area contributed by atoms with Gasteiger partial charge in [-0.15, -0.1) is 0 Å². The molecule has 0 aliphatic carbocycles. The van der Waals surface area contributed by atoms with Crippen LogP contribution in [-0.4, -0.2) is 41.1 Å². The average Bonchev–Trinajstić information content (AvgIpc) is 2.76. The van der Waals surface area contributed by atoms with E-state index in [1.165, 1.54) is 0 Å². The molecule has 2 aromatic rings. The van der Waals surface area contributed by atoms with Crippen molar-refractivity contribution >= 4 is 29.1 Å². The molecule has 5 nitrogen and oxygen atoms in total. The number of likely N-dealkylation sites (tertiary alicyclic amines) is 1. The number of benzene rings is 2. The van der Waals surface area contributed by atoms with E-state index in [4.69, 9.17) is 16.3 Å². The van der Waals surface area contributed by atoms with E-state index >= 15 is 0 Å². The lowest BCUT2D eigenvalue weighted by Crippen LogP contribution is -2.52. The van der Waals surface area contributed by atoms with Gasteiger partial charge in [0, 0.05) is 49.4 Å². The fourth-order valence-electron chi connectivity index (χ4n) is 4.70. The minimum absolute atomic E-state index is 0.0194. The Morgan fingerprint density at radius 3 is 2.38 bits per heavy atom. The monoisotopic (exact) mass is 453 g/mol. The molecule has 2 aliphatic rings. The minimum Gasteiger partial charge on any atom is -0.486 e. The third kappa shape index (κ3) is 4.31. The van der Waals surface area contributed by atoms with Crippen LogP contribution in [0.3, 0.4) is 0 Å². The molecule has 0 aromatic heterocycles. The summed E-state index contributed by atoms with van der Waals surface area (Å²) in [5.74, 6) is 0.605. The molecule has 0 N–H and O–H groups in total. The molecule has 168 valence electrons. The van der Waals surface area contributed by atoms with Gasteiger partial charge in [0.1, 0.15) is 11.4 Å². The third-order valence-corrected chi connectivity index (χ3v) is 7.28. The minimum atomic E-state index is -0.578. The van der Waals surface area contributed by atoms with E-state index in [0.29, 0.717) is 54.3 Å². The number of rotatable bonds is 4. The summed E-state index contributed by atoms with van der Waals surface area (Å²) < 4.78 is 6.37. The molecule has 2 aliphatic heterocycles. The van der Waals surface area contributed by atoms with Gasteiger partial charge in [0.2, 0.25) is 5.91 Å². The molecule has 0 bridgehead atoms. The van der Waals surface area contributed by atoms with Crippen molar-refractivity contribution in [2.45, 2.75) is 58.5 Å². The van der Waals surface area contributed by atoms with Crippen LogP contribution in [0.25, 0.3) is 0 Å². The number of fused-ring (bicyclic) bond motifs is 1. The zero-order valence-corrected chi connectivity index (χ0v) is 19.6. The van der Waals surface area contributed by atoms with Gasteiger partial charge in [-0.25, -0.2) is 0 Å². The van der Waals surface area contributed by atoms with E-state index in [1.54, 1.807) is 17.0 Å². The van der Waals surface area contributed by atoms with Gasteiger partial charge >= 0.3 is 0 Å². The number of Topliss-reactive ketones (excluding diaryl/α,β-unsaturated/α-hetero) is 2. The van der Waals surface area contributed by atoms with E-state index in [9.17, 15) is 14.4 Å². The summed E-state index contributed by atoms with van der Waals surface area (Å²) in [6, 6.07) is 9.26. The smallest absolute Gasteiger partial charge is 0.223 e. The number of carbonyl (C=O) groups excluding carboxylic acids is 3. The van der Waals surface area contributed by atoms with Crippen molar-refractivity contribution in [3.63, 3.8) is 0 Å². The first kappa shape index (κ1) is 22.5. The predicted octanol–water partition coefficient (Wildman–Crippen LogP) is 5.25. The summed E-state index contributed by atoms with van der Waals surface area (Å²) in [5.41, 5.74) is 3.40. The standard InChI is InChI=1S/C26H28ClNO4/c1-16-4-6-19(7-5-16)20(29)8-9-23(31)28-12-10-26(11-13-28)15-21(30)24-18(3)25(27)17(2)14-22(24)32-26/h4-7,14H,8-13,15H2,1-3H3. The molecule has 0 saturated carbocycles. The van der Waals surface area contributed by atoms with Crippen molar-refractivity contribution < 1.29 is 19.1 Å². The summed E-state index contributed by atoms with van der Waals surface area (Å²) in [6.45, 7) is 6.77. The first-order chi connectivity index (χ1) is 15.2. The second-order valence-electron chi connectivity index (χ2n) is 9.06. The molecule has 32 heavy (non-hydrogen) atoms. The predicted molar refractivity (Wildman–Crippen MR) is 124 cm³/mol.